The molecule has 1 N–H and O–H groups in total. The number of hydrogen-bond acceptors (Lipinski definition) is 4. The quantitative estimate of drug-likeness (QED) is 0.630. The van der Waals surface area contributed by atoms with Crippen LogP contribution >= 0.6 is 0 Å². The maximum atomic E-state index is 13.9. The number of para-hydroxylation sites is 2. The number of aromatic nitrogens is 1. The second-order valence-electron chi connectivity index (χ2n) is 9.56. The predicted octanol–water partition coefficient (Wildman–Crippen LogP) is 3.77. The normalized spacial score (nSPS) is 24.3. The maximum absolute atomic E-state index is 13.9. The van der Waals surface area contributed by atoms with Gasteiger partial charge in [0.2, 0.25) is 5.91 Å². The first-order valence-corrected chi connectivity index (χ1v) is 12.0. The molecule has 1 aromatic heterocycles. The summed E-state index contributed by atoms with van der Waals surface area (Å²) in [5.74, 6) is 1.18. The van der Waals surface area contributed by atoms with E-state index in [-0.39, 0.29) is 30.3 Å². The zero-order chi connectivity index (χ0) is 23.6. The van der Waals surface area contributed by atoms with E-state index >= 15 is 0 Å². The van der Waals surface area contributed by atoms with Crippen LogP contribution in [-0.4, -0.2) is 59.4 Å². The molecule has 3 heterocycles. The van der Waals surface area contributed by atoms with Crippen molar-refractivity contribution in [3.63, 3.8) is 0 Å². The van der Waals surface area contributed by atoms with E-state index < -0.39 is 5.54 Å². The summed E-state index contributed by atoms with van der Waals surface area (Å²) in [6, 6.07) is 14.2. The van der Waals surface area contributed by atoms with E-state index in [1.807, 2.05) is 50.2 Å². The van der Waals surface area contributed by atoms with Crippen molar-refractivity contribution in [2.75, 3.05) is 26.8 Å². The third kappa shape index (κ3) is 2.82. The lowest BCUT2D eigenvalue weighted by Gasteiger charge is -2.51. The molecule has 1 saturated carbocycles. The number of H-pyrrole nitrogens is 1. The van der Waals surface area contributed by atoms with Crippen molar-refractivity contribution in [1.82, 2.24) is 14.8 Å². The van der Waals surface area contributed by atoms with Crippen LogP contribution in [0.25, 0.3) is 10.9 Å². The van der Waals surface area contributed by atoms with E-state index in [0.29, 0.717) is 24.7 Å². The molecule has 0 bridgehead atoms. The van der Waals surface area contributed by atoms with Crippen molar-refractivity contribution in [3.05, 3.63) is 59.3 Å². The van der Waals surface area contributed by atoms with Crippen LogP contribution < -0.4 is 9.47 Å². The van der Waals surface area contributed by atoms with Crippen molar-refractivity contribution >= 4 is 22.7 Å². The molecule has 34 heavy (non-hydrogen) atoms. The van der Waals surface area contributed by atoms with Crippen LogP contribution in [0.3, 0.4) is 0 Å². The molecule has 6 rings (SSSR count). The third-order valence-electron chi connectivity index (χ3n) is 7.65. The standard InChI is InChI=1S/C27H29N3O4/c1-4-34-24-17(9-7-11-21(24)33-3)19-14-30-22(31)15-29(16-12-13-16)26(32)27(30,2)25-23(19)18-8-5-6-10-20(18)28-25/h5-11,16,19,28H,4,12-15H2,1-3H3. The Bertz CT molecular complexity index is 1310. The minimum atomic E-state index is -1.06. The lowest BCUT2D eigenvalue weighted by molar-refractivity contribution is -0.166. The van der Waals surface area contributed by atoms with Gasteiger partial charge in [-0.1, -0.05) is 30.3 Å². The highest BCUT2D eigenvalue weighted by atomic mass is 16.5. The molecular weight excluding hydrogens is 430 g/mol. The summed E-state index contributed by atoms with van der Waals surface area (Å²) in [6.07, 6.45) is 1.94. The number of rotatable bonds is 5. The summed E-state index contributed by atoms with van der Waals surface area (Å²) in [7, 11) is 1.63. The molecule has 1 saturated heterocycles. The number of ether oxygens (including phenoxy) is 2. The summed E-state index contributed by atoms with van der Waals surface area (Å²) >= 11 is 0. The highest BCUT2D eigenvalue weighted by Gasteiger charge is 2.58. The Morgan fingerprint density at radius 2 is 1.91 bits per heavy atom. The van der Waals surface area contributed by atoms with Gasteiger partial charge in [-0.05, 0) is 44.4 Å². The van der Waals surface area contributed by atoms with Gasteiger partial charge in [0.1, 0.15) is 6.54 Å². The van der Waals surface area contributed by atoms with Gasteiger partial charge in [-0.3, -0.25) is 9.59 Å². The zero-order valence-electron chi connectivity index (χ0n) is 19.8. The van der Waals surface area contributed by atoms with Gasteiger partial charge in [-0.15, -0.1) is 0 Å². The molecule has 3 aromatic rings. The Kier molecular flexibility index (Phi) is 4.66. The summed E-state index contributed by atoms with van der Waals surface area (Å²) in [4.78, 5) is 34.6. The molecule has 7 nitrogen and oxygen atoms in total. The lowest BCUT2D eigenvalue weighted by Crippen LogP contribution is -2.67. The van der Waals surface area contributed by atoms with Crippen LogP contribution in [0.15, 0.2) is 42.5 Å². The lowest BCUT2D eigenvalue weighted by atomic mass is 9.76. The molecule has 2 aromatic carbocycles. The van der Waals surface area contributed by atoms with Crippen molar-refractivity contribution < 1.29 is 19.1 Å². The topological polar surface area (TPSA) is 74.9 Å². The van der Waals surface area contributed by atoms with Gasteiger partial charge in [0.25, 0.3) is 5.91 Å². The molecule has 0 radical (unpaired) electrons. The Morgan fingerprint density at radius 1 is 1.12 bits per heavy atom. The number of piperazine rings is 1. The number of carbonyl (C=O) groups excluding carboxylic acids is 2. The van der Waals surface area contributed by atoms with Crippen LogP contribution in [0.4, 0.5) is 0 Å². The number of amides is 2. The molecule has 2 fully saturated rings. The van der Waals surface area contributed by atoms with Crippen molar-refractivity contribution in [2.45, 2.75) is 44.2 Å². The van der Waals surface area contributed by atoms with Gasteiger partial charge in [-0.2, -0.15) is 0 Å². The van der Waals surface area contributed by atoms with Gasteiger partial charge in [0.05, 0.1) is 19.4 Å². The number of fused-ring (bicyclic) bond motifs is 5. The highest BCUT2D eigenvalue weighted by Crippen LogP contribution is 2.51. The number of hydrogen-bond donors (Lipinski definition) is 1. The van der Waals surface area contributed by atoms with Crippen LogP contribution in [0.1, 0.15) is 49.4 Å². The fourth-order valence-electron chi connectivity index (χ4n) is 5.86. The average molecular weight is 460 g/mol. The largest absolute Gasteiger partial charge is 0.493 e. The van der Waals surface area contributed by atoms with Crippen LogP contribution in [-0.2, 0) is 15.1 Å². The minimum Gasteiger partial charge on any atom is -0.493 e. The smallest absolute Gasteiger partial charge is 0.255 e. The Balaban J connectivity index is 1.61. The monoisotopic (exact) mass is 459 g/mol. The molecule has 2 atom stereocenters. The number of nitrogens with zero attached hydrogens (tertiary/aromatic N) is 2. The van der Waals surface area contributed by atoms with Gasteiger partial charge in [0.15, 0.2) is 17.0 Å². The van der Waals surface area contributed by atoms with Crippen LogP contribution in [0.5, 0.6) is 11.5 Å². The van der Waals surface area contributed by atoms with E-state index in [4.69, 9.17) is 9.47 Å². The molecule has 0 spiro atoms. The molecule has 2 unspecified atom stereocenters. The van der Waals surface area contributed by atoms with Crippen LogP contribution in [0, 0.1) is 0 Å². The summed E-state index contributed by atoms with van der Waals surface area (Å²) in [5, 5.41) is 1.07. The van der Waals surface area contributed by atoms with Gasteiger partial charge < -0.3 is 24.3 Å². The van der Waals surface area contributed by atoms with E-state index in [2.05, 4.69) is 11.1 Å². The van der Waals surface area contributed by atoms with Gasteiger partial charge in [-0.25, -0.2) is 0 Å². The number of aromatic amines is 1. The van der Waals surface area contributed by atoms with Crippen molar-refractivity contribution in [3.8, 4) is 11.5 Å². The first-order valence-electron chi connectivity index (χ1n) is 12.0. The minimum absolute atomic E-state index is 0.0100. The first-order chi connectivity index (χ1) is 16.5. The fourth-order valence-corrected chi connectivity index (χ4v) is 5.86. The first kappa shape index (κ1) is 21.1. The number of benzene rings is 2. The molecule has 3 aliphatic rings. The maximum Gasteiger partial charge on any atom is 0.255 e. The highest BCUT2D eigenvalue weighted by molar-refractivity contribution is 6.01. The summed E-state index contributed by atoms with van der Waals surface area (Å²) in [5.41, 5.74) is 2.72. The molecule has 1 aliphatic carbocycles. The van der Waals surface area contributed by atoms with Crippen molar-refractivity contribution in [1.29, 1.82) is 0 Å². The van der Waals surface area contributed by atoms with Crippen molar-refractivity contribution in [2.24, 2.45) is 0 Å². The van der Waals surface area contributed by atoms with E-state index in [1.165, 1.54) is 0 Å². The third-order valence-corrected chi connectivity index (χ3v) is 7.65. The average Bonchev–Trinajstić information content (AvgIpc) is 3.61. The molecule has 7 heteroatoms. The van der Waals surface area contributed by atoms with Gasteiger partial charge >= 0.3 is 0 Å². The number of methoxy groups -OCH3 is 1. The molecule has 176 valence electrons. The van der Waals surface area contributed by atoms with E-state index in [0.717, 1.165) is 40.6 Å². The number of nitrogens with one attached hydrogen (secondary N) is 1. The predicted molar refractivity (Wildman–Crippen MR) is 128 cm³/mol. The SMILES string of the molecule is CCOc1c(OC)cccc1C1CN2C(=O)CN(C3CC3)C(=O)C2(C)c2[nH]c3ccccc3c21. The van der Waals surface area contributed by atoms with Crippen LogP contribution in [0.2, 0.25) is 0 Å². The Labute approximate surface area is 198 Å². The fraction of sp³-hybridized carbons (Fsp3) is 0.407. The molecule has 2 amide bonds. The Morgan fingerprint density at radius 3 is 2.65 bits per heavy atom. The van der Waals surface area contributed by atoms with Gasteiger partial charge in [0, 0.05) is 35.0 Å². The molecule has 2 aliphatic heterocycles. The summed E-state index contributed by atoms with van der Waals surface area (Å²) in [6.45, 7) is 4.90. The Hall–Kier alpha value is -3.48. The van der Waals surface area contributed by atoms with E-state index in [9.17, 15) is 9.59 Å². The van der Waals surface area contributed by atoms with E-state index in [1.54, 1.807) is 16.9 Å². The number of carbonyl (C=O) groups is 2. The second-order valence-corrected chi connectivity index (χ2v) is 9.56. The second kappa shape index (κ2) is 7.52. The summed E-state index contributed by atoms with van der Waals surface area (Å²) < 4.78 is 11.7. The molecular formula is C27H29N3O4. The zero-order valence-corrected chi connectivity index (χ0v) is 19.8.